The second-order valence-corrected chi connectivity index (χ2v) is 1.91. The van der Waals surface area contributed by atoms with Gasteiger partial charge in [-0.2, -0.15) is 0 Å². The molecule has 0 aliphatic carbocycles. The van der Waals surface area contributed by atoms with Crippen LogP contribution in [0.25, 0.3) is 5.95 Å². The van der Waals surface area contributed by atoms with Crippen molar-refractivity contribution in [1.29, 1.82) is 0 Å². The lowest BCUT2D eigenvalue weighted by Crippen LogP contribution is -1.97. The average Bonchev–Trinajstić information content (AvgIpc) is 2.58. The van der Waals surface area contributed by atoms with E-state index in [0.717, 1.165) is 0 Å². The van der Waals surface area contributed by atoms with Crippen LogP contribution < -0.4 is 0 Å². The Morgan fingerprint density at radius 2 is 1.91 bits per heavy atom. The van der Waals surface area contributed by atoms with Gasteiger partial charge in [-0.3, -0.25) is 4.57 Å². The van der Waals surface area contributed by atoms with Crippen LogP contribution in [-0.4, -0.2) is 24.5 Å². The van der Waals surface area contributed by atoms with Crippen molar-refractivity contribution in [1.82, 2.24) is 24.5 Å². The fraction of sp³-hybridized carbons (Fsp3) is 0. The van der Waals surface area contributed by atoms with E-state index in [1.165, 1.54) is 12.7 Å². The Morgan fingerprint density at radius 1 is 1.09 bits per heavy atom. The summed E-state index contributed by atoms with van der Waals surface area (Å²) in [6, 6.07) is 0. The number of nitrogens with zero attached hydrogens (tertiary/aromatic N) is 5. The van der Waals surface area contributed by atoms with Gasteiger partial charge in [0.2, 0.25) is 5.95 Å². The summed E-state index contributed by atoms with van der Waals surface area (Å²) < 4.78 is 1.71. The van der Waals surface area contributed by atoms with E-state index in [9.17, 15) is 0 Å². The van der Waals surface area contributed by atoms with Gasteiger partial charge < -0.3 is 0 Å². The summed E-state index contributed by atoms with van der Waals surface area (Å²) in [7, 11) is 0. The van der Waals surface area contributed by atoms with Crippen molar-refractivity contribution in [3.63, 3.8) is 0 Å². The molecule has 0 saturated carbocycles. The van der Waals surface area contributed by atoms with Crippen LogP contribution in [0.2, 0.25) is 0 Å². The molecule has 0 amide bonds. The molecule has 5 nitrogen and oxygen atoms in total. The van der Waals surface area contributed by atoms with Gasteiger partial charge in [-0.15, -0.1) is 0 Å². The Kier molecular flexibility index (Phi) is 1.33. The number of aromatic nitrogens is 5. The molecule has 11 heavy (non-hydrogen) atoms. The van der Waals surface area contributed by atoms with Crippen LogP contribution in [0.15, 0.2) is 31.4 Å². The van der Waals surface area contributed by atoms with Crippen molar-refractivity contribution in [3.8, 4) is 5.95 Å². The van der Waals surface area contributed by atoms with Crippen LogP contribution in [-0.2, 0) is 0 Å². The van der Waals surface area contributed by atoms with Crippen LogP contribution >= 0.6 is 0 Å². The van der Waals surface area contributed by atoms with Crippen molar-refractivity contribution >= 4 is 0 Å². The largest absolute Gasteiger partial charge is 0.274 e. The van der Waals surface area contributed by atoms with Gasteiger partial charge in [0.15, 0.2) is 0 Å². The Balaban J connectivity index is 2.46. The normalized spacial score (nSPS) is 9.82. The summed E-state index contributed by atoms with van der Waals surface area (Å²) in [4.78, 5) is 15.4. The Bertz CT molecular complexity index is 314. The molecule has 5 heteroatoms. The molecular weight excluding hydrogens is 142 g/mol. The van der Waals surface area contributed by atoms with E-state index in [2.05, 4.69) is 19.9 Å². The second kappa shape index (κ2) is 2.45. The molecule has 0 aliphatic heterocycles. The lowest BCUT2D eigenvalue weighted by Gasteiger charge is -1.94. The lowest BCUT2D eigenvalue weighted by molar-refractivity contribution is 0.893. The van der Waals surface area contributed by atoms with Gasteiger partial charge in [0.25, 0.3) is 0 Å². The van der Waals surface area contributed by atoms with E-state index in [0.29, 0.717) is 5.95 Å². The van der Waals surface area contributed by atoms with Gasteiger partial charge in [-0.25, -0.2) is 19.9 Å². The zero-order chi connectivity index (χ0) is 7.52. The number of imidazole rings is 1. The number of rotatable bonds is 1. The first kappa shape index (κ1) is 5.96. The zero-order valence-electron chi connectivity index (χ0n) is 5.62. The molecule has 0 fully saturated rings. The maximum Gasteiger partial charge on any atom is 0.237 e. The van der Waals surface area contributed by atoms with Crippen LogP contribution in [0.4, 0.5) is 0 Å². The van der Waals surface area contributed by atoms with Crippen molar-refractivity contribution < 1.29 is 0 Å². The summed E-state index contributed by atoms with van der Waals surface area (Å²) in [5.74, 6) is 0.581. The number of hydrogen-bond donors (Lipinski definition) is 0. The Labute approximate surface area is 62.8 Å². The molecule has 2 aromatic heterocycles. The highest BCUT2D eigenvalue weighted by molar-refractivity contribution is 5.06. The fourth-order valence-corrected chi connectivity index (χ4v) is 0.744. The van der Waals surface area contributed by atoms with E-state index in [1.807, 2.05) is 0 Å². The van der Waals surface area contributed by atoms with Gasteiger partial charge in [0, 0.05) is 12.4 Å². The fourth-order valence-electron chi connectivity index (χ4n) is 0.744. The topological polar surface area (TPSA) is 56.5 Å². The standard InChI is InChI=1S/C6H5N5/c1-2-11(5-7-1)6-9-3-8-4-10-6/h1-5H. The third-order valence-corrected chi connectivity index (χ3v) is 1.22. The van der Waals surface area contributed by atoms with E-state index >= 15 is 0 Å². The first-order valence-corrected chi connectivity index (χ1v) is 3.07. The highest BCUT2D eigenvalue weighted by Gasteiger charge is 1.94. The SMILES string of the molecule is c1cn(-c2ncncn2)cn1. The minimum Gasteiger partial charge on any atom is -0.274 e. The van der Waals surface area contributed by atoms with Crippen LogP contribution in [0.1, 0.15) is 0 Å². The van der Waals surface area contributed by atoms with E-state index in [1.54, 1.807) is 23.3 Å². The first-order valence-electron chi connectivity index (χ1n) is 3.07. The summed E-state index contributed by atoms with van der Waals surface area (Å²) in [5.41, 5.74) is 0. The van der Waals surface area contributed by atoms with Crippen LogP contribution in [0.5, 0.6) is 0 Å². The molecule has 0 N–H and O–H groups in total. The molecule has 0 aromatic carbocycles. The summed E-state index contributed by atoms with van der Waals surface area (Å²) in [5, 5.41) is 0. The van der Waals surface area contributed by atoms with Gasteiger partial charge in [0.05, 0.1) is 0 Å². The van der Waals surface area contributed by atoms with Crippen molar-refractivity contribution in [2.75, 3.05) is 0 Å². The minimum atomic E-state index is 0.581. The van der Waals surface area contributed by atoms with E-state index < -0.39 is 0 Å². The van der Waals surface area contributed by atoms with Crippen LogP contribution in [0, 0.1) is 0 Å². The monoisotopic (exact) mass is 147 g/mol. The zero-order valence-corrected chi connectivity index (χ0v) is 5.62. The van der Waals surface area contributed by atoms with Crippen molar-refractivity contribution in [3.05, 3.63) is 31.4 Å². The van der Waals surface area contributed by atoms with Crippen molar-refractivity contribution in [2.45, 2.75) is 0 Å². The molecule has 0 spiro atoms. The van der Waals surface area contributed by atoms with Gasteiger partial charge in [0.1, 0.15) is 19.0 Å². The summed E-state index contributed by atoms with van der Waals surface area (Å²) in [6.45, 7) is 0. The average molecular weight is 147 g/mol. The van der Waals surface area contributed by atoms with E-state index in [4.69, 9.17) is 0 Å². The predicted molar refractivity (Wildman–Crippen MR) is 36.9 cm³/mol. The molecule has 0 aliphatic rings. The van der Waals surface area contributed by atoms with Gasteiger partial charge >= 0.3 is 0 Å². The second-order valence-electron chi connectivity index (χ2n) is 1.91. The van der Waals surface area contributed by atoms with Gasteiger partial charge in [-0.05, 0) is 0 Å². The molecule has 0 atom stereocenters. The lowest BCUT2D eigenvalue weighted by atomic mass is 10.8. The molecule has 0 unspecified atom stereocenters. The van der Waals surface area contributed by atoms with Crippen LogP contribution in [0.3, 0.4) is 0 Å². The molecule has 0 saturated heterocycles. The molecule has 0 bridgehead atoms. The Hall–Kier alpha value is -1.78. The predicted octanol–water partition coefficient (Wildman–Crippen LogP) is 0.0573. The molecule has 2 rings (SSSR count). The molecular formula is C6H5N5. The summed E-state index contributed by atoms with van der Waals surface area (Å²) in [6.07, 6.45) is 7.97. The Morgan fingerprint density at radius 3 is 2.55 bits per heavy atom. The number of hydrogen-bond acceptors (Lipinski definition) is 4. The molecule has 54 valence electrons. The molecule has 2 heterocycles. The highest BCUT2D eigenvalue weighted by atomic mass is 15.2. The van der Waals surface area contributed by atoms with Gasteiger partial charge in [-0.1, -0.05) is 0 Å². The van der Waals surface area contributed by atoms with E-state index in [-0.39, 0.29) is 0 Å². The maximum atomic E-state index is 3.92. The first-order chi connectivity index (χ1) is 5.47. The molecule has 2 aromatic rings. The smallest absolute Gasteiger partial charge is 0.237 e. The molecule has 0 radical (unpaired) electrons. The van der Waals surface area contributed by atoms with Crippen molar-refractivity contribution in [2.24, 2.45) is 0 Å². The quantitative estimate of drug-likeness (QED) is 0.572. The third-order valence-electron chi connectivity index (χ3n) is 1.22. The maximum absolute atomic E-state index is 3.92. The third kappa shape index (κ3) is 1.07. The summed E-state index contributed by atoms with van der Waals surface area (Å²) >= 11 is 0. The highest BCUT2D eigenvalue weighted by Crippen LogP contribution is 1.94. The minimum absolute atomic E-state index is 0.581.